The third kappa shape index (κ3) is 2.08. The summed E-state index contributed by atoms with van der Waals surface area (Å²) in [4.78, 5) is 0.0496. The second-order valence-electron chi connectivity index (χ2n) is 2.83. The van der Waals surface area contributed by atoms with E-state index in [1.807, 2.05) is 0 Å². The molecule has 1 rings (SSSR count). The number of benzene rings is 1. The highest BCUT2D eigenvalue weighted by Gasteiger charge is 2.21. The number of hydrogen-bond donors (Lipinski definition) is 2. The van der Waals surface area contributed by atoms with E-state index in [0.29, 0.717) is 10.2 Å². The molecule has 0 aliphatic heterocycles. The van der Waals surface area contributed by atoms with Crippen molar-refractivity contribution in [2.24, 2.45) is 0 Å². The first-order chi connectivity index (χ1) is 6.35. The molecule has 3 N–H and O–H groups in total. The molecule has 14 heavy (non-hydrogen) atoms. The van der Waals surface area contributed by atoms with Gasteiger partial charge in [-0.05, 0) is 41.1 Å². The number of nitrogens with two attached hydrogens (primary N) is 1. The van der Waals surface area contributed by atoms with Crippen LogP contribution in [-0.2, 0) is 9.84 Å². The standard InChI is InChI=1S/C8H10BrNO3S/c1-5(11)14(12,13)6-2-3-8(10)7(9)4-6/h2-5,11H,10H2,1H3. The Balaban J connectivity index is 3.29. The van der Waals surface area contributed by atoms with Gasteiger partial charge >= 0.3 is 0 Å². The van der Waals surface area contributed by atoms with Crippen LogP contribution >= 0.6 is 15.9 Å². The van der Waals surface area contributed by atoms with Crippen molar-refractivity contribution in [1.82, 2.24) is 0 Å². The summed E-state index contributed by atoms with van der Waals surface area (Å²) in [7, 11) is -3.65. The monoisotopic (exact) mass is 279 g/mol. The van der Waals surface area contributed by atoms with Crippen LogP contribution in [0.2, 0.25) is 0 Å². The lowest BCUT2D eigenvalue weighted by Gasteiger charge is -2.07. The molecule has 6 heteroatoms. The van der Waals surface area contributed by atoms with Crippen molar-refractivity contribution in [3.05, 3.63) is 22.7 Å². The number of sulfone groups is 1. The quantitative estimate of drug-likeness (QED) is 0.796. The highest BCUT2D eigenvalue weighted by atomic mass is 79.9. The summed E-state index contributed by atoms with van der Waals surface area (Å²) >= 11 is 3.12. The van der Waals surface area contributed by atoms with Crippen molar-refractivity contribution in [2.75, 3.05) is 5.73 Å². The van der Waals surface area contributed by atoms with Crippen molar-refractivity contribution in [3.63, 3.8) is 0 Å². The number of aliphatic hydroxyl groups is 1. The lowest BCUT2D eigenvalue weighted by Crippen LogP contribution is -2.16. The zero-order valence-electron chi connectivity index (χ0n) is 7.44. The molecule has 0 saturated carbocycles. The first kappa shape index (κ1) is 11.5. The molecule has 78 valence electrons. The fourth-order valence-electron chi connectivity index (χ4n) is 0.882. The van der Waals surface area contributed by atoms with Crippen LogP contribution in [0, 0.1) is 0 Å². The Morgan fingerprint density at radius 3 is 2.50 bits per heavy atom. The maximum absolute atomic E-state index is 11.5. The Morgan fingerprint density at radius 1 is 1.50 bits per heavy atom. The summed E-state index contributed by atoms with van der Waals surface area (Å²) in [6, 6.07) is 4.21. The third-order valence-corrected chi connectivity index (χ3v) is 4.25. The third-order valence-electron chi connectivity index (χ3n) is 1.75. The predicted molar refractivity (Wildman–Crippen MR) is 57.4 cm³/mol. The average molecular weight is 280 g/mol. The van der Waals surface area contributed by atoms with Crippen molar-refractivity contribution in [1.29, 1.82) is 0 Å². The number of nitrogen functional groups attached to an aromatic ring is 1. The lowest BCUT2D eigenvalue weighted by atomic mass is 10.3. The molecule has 1 unspecified atom stereocenters. The molecule has 0 heterocycles. The fourth-order valence-corrected chi connectivity index (χ4v) is 2.35. The molecule has 4 nitrogen and oxygen atoms in total. The van der Waals surface area contributed by atoms with Gasteiger partial charge in [-0.1, -0.05) is 0 Å². The fraction of sp³-hybridized carbons (Fsp3) is 0.250. The second kappa shape index (κ2) is 3.88. The number of aliphatic hydroxyl groups excluding tert-OH is 1. The van der Waals surface area contributed by atoms with E-state index in [0.717, 1.165) is 0 Å². The van der Waals surface area contributed by atoms with Gasteiger partial charge in [0.2, 0.25) is 9.84 Å². The van der Waals surface area contributed by atoms with Gasteiger partial charge in [0, 0.05) is 10.2 Å². The van der Waals surface area contributed by atoms with Crippen LogP contribution in [0.1, 0.15) is 6.92 Å². The first-order valence-electron chi connectivity index (χ1n) is 3.82. The molecule has 0 amide bonds. The smallest absolute Gasteiger partial charge is 0.204 e. The van der Waals surface area contributed by atoms with E-state index in [-0.39, 0.29) is 4.90 Å². The summed E-state index contributed by atoms with van der Waals surface area (Å²) in [6.45, 7) is 1.21. The van der Waals surface area contributed by atoms with Crippen LogP contribution in [0.5, 0.6) is 0 Å². The zero-order valence-corrected chi connectivity index (χ0v) is 9.84. The van der Waals surface area contributed by atoms with Gasteiger partial charge in [-0.25, -0.2) is 8.42 Å². The molecule has 1 aromatic rings. The maximum Gasteiger partial charge on any atom is 0.204 e. The highest BCUT2D eigenvalue weighted by molar-refractivity contribution is 9.10. The minimum atomic E-state index is -3.65. The Hall–Kier alpha value is -0.590. The molecule has 1 atom stereocenters. The maximum atomic E-state index is 11.5. The second-order valence-corrected chi connectivity index (χ2v) is 5.93. The molecule has 0 aromatic heterocycles. The van der Waals surface area contributed by atoms with Gasteiger partial charge in [-0.3, -0.25) is 0 Å². The largest absolute Gasteiger partial charge is 0.398 e. The molecule has 1 aromatic carbocycles. The van der Waals surface area contributed by atoms with Crippen molar-refractivity contribution in [2.45, 2.75) is 17.3 Å². The van der Waals surface area contributed by atoms with E-state index in [9.17, 15) is 8.42 Å². The lowest BCUT2D eigenvalue weighted by molar-refractivity contribution is 0.268. The van der Waals surface area contributed by atoms with Crippen molar-refractivity contribution in [3.8, 4) is 0 Å². The number of hydrogen-bond acceptors (Lipinski definition) is 4. The van der Waals surface area contributed by atoms with E-state index in [1.54, 1.807) is 0 Å². The van der Waals surface area contributed by atoms with Gasteiger partial charge in [0.1, 0.15) is 0 Å². The average Bonchev–Trinajstić information content (AvgIpc) is 2.09. The van der Waals surface area contributed by atoms with E-state index in [1.165, 1.54) is 25.1 Å². The minimum Gasteiger partial charge on any atom is -0.398 e. The number of rotatable bonds is 2. The van der Waals surface area contributed by atoms with Crippen LogP contribution < -0.4 is 5.73 Å². The van der Waals surface area contributed by atoms with Crippen LogP contribution in [0.25, 0.3) is 0 Å². The van der Waals surface area contributed by atoms with E-state index in [4.69, 9.17) is 10.8 Å². The molecule has 0 aliphatic rings. The Kier molecular flexibility index (Phi) is 3.18. The summed E-state index contributed by atoms with van der Waals surface area (Å²) in [6.07, 6.45) is 0. The van der Waals surface area contributed by atoms with Gasteiger partial charge < -0.3 is 10.8 Å². The molecular weight excluding hydrogens is 270 g/mol. The van der Waals surface area contributed by atoms with E-state index < -0.39 is 15.3 Å². The Morgan fingerprint density at radius 2 is 2.07 bits per heavy atom. The highest BCUT2D eigenvalue weighted by Crippen LogP contribution is 2.24. The molecule has 0 saturated heterocycles. The van der Waals surface area contributed by atoms with Crippen LogP contribution in [-0.4, -0.2) is 19.0 Å². The van der Waals surface area contributed by atoms with Gasteiger partial charge in [-0.2, -0.15) is 0 Å². The van der Waals surface area contributed by atoms with E-state index >= 15 is 0 Å². The number of halogens is 1. The number of anilines is 1. The Labute approximate surface area is 90.8 Å². The summed E-state index contributed by atoms with van der Waals surface area (Å²) in [5, 5.41) is 9.06. The van der Waals surface area contributed by atoms with E-state index in [2.05, 4.69) is 15.9 Å². The van der Waals surface area contributed by atoms with Crippen LogP contribution in [0.4, 0.5) is 5.69 Å². The van der Waals surface area contributed by atoms with Crippen molar-refractivity contribution >= 4 is 31.5 Å². The predicted octanol–water partition coefficient (Wildman–Crippen LogP) is 1.14. The SMILES string of the molecule is CC(O)S(=O)(=O)c1ccc(N)c(Br)c1. The Bertz CT molecular complexity index is 442. The van der Waals surface area contributed by atoms with Crippen molar-refractivity contribution < 1.29 is 13.5 Å². The zero-order chi connectivity index (χ0) is 10.9. The first-order valence-corrected chi connectivity index (χ1v) is 6.16. The van der Waals surface area contributed by atoms with Gasteiger partial charge in [0.05, 0.1) is 4.90 Å². The van der Waals surface area contributed by atoms with Crippen LogP contribution in [0.15, 0.2) is 27.6 Å². The summed E-state index contributed by atoms with van der Waals surface area (Å²) in [5.41, 5.74) is 4.54. The topological polar surface area (TPSA) is 80.4 Å². The molecule has 0 fully saturated rings. The molecule has 0 spiro atoms. The summed E-state index contributed by atoms with van der Waals surface area (Å²) < 4.78 is 23.5. The van der Waals surface area contributed by atoms with Gasteiger partial charge in [0.15, 0.2) is 5.44 Å². The van der Waals surface area contributed by atoms with Gasteiger partial charge in [-0.15, -0.1) is 0 Å². The molecular formula is C8H10BrNO3S. The van der Waals surface area contributed by atoms with Gasteiger partial charge in [0.25, 0.3) is 0 Å². The molecule has 0 aliphatic carbocycles. The minimum absolute atomic E-state index is 0.0496. The van der Waals surface area contributed by atoms with Crippen LogP contribution in [0.3, 0.4) is 0 Å². The molecule has 0 bridgehead atoms. The normalized spacial score (nSPS) is 13.9. The molecule has 0 radical (unpaired) electrons. The summed E-state index contributed by atoms with van der Waals surface area (Å²) in [5.74, 6) is 0.